The molecule has 1 N–H and O–H groups in total. The number of aliphatic hydroxyl groups is 1. The van der Waals surface area contributed by atoms with Crippen LogP contribution in [0.2, 0.25) is 15.1 Å². The maximum absolute atomic E-state index is 13.3. The molecule has 1 heterocycles. The second kappa shape index (κ2) is 9.10. The van der Waals surface area contributed by atoms with E-state index in [1.165, 1.54) is 24.1 Å². The molecule has 4 rings (SSSR count). The number of aliphatic hydroxyl groups excluding tert-OH is 1. The first-order valence-corrected chi connectivity index (χ1v) is 11.0. The predicted molar refractivity (Wildman–Crippen MR) is 130 cm³/mol. The Morgan fingerprint density at radius 1 is 0.970 bits per heavy atom. The molecule has 1 atom stereocenters. The zero-order valence-electron chi connectivity index (χ0n) is 17.6. The number of ether oxygens (including phenoxy) is 1. The number of aryl methyl sites for hydroxylation is 1. The molecule has 168 valence electrons. The predicted octanol–water partition coefficient (Wildman–Crippen LogP) is 6.59. The molecule has 0 radical (unpaired) electrons. The number of amides is 1. The minimum absolute atomic E-state index is 0.0825. The Labute approximate surface area is 205 Å². The van der Waals surface area contributed by atoms with Crippen molar-refractivity contribution in [2.75, 3.05) is 12.0 Å². The van der Waals surface area contributed by atoms with Crippen molar-refractivity contribution in [3.8, 4) is 5.75 Å². The number of hydrogen-bond acceptors (Lipinski definition) is 4. The second-order valence-corrected chi connectivity index (χ2v) is 8.72. The van der Waals surface area contributed by atoms with Crippen LogP contribution >= 0.6 is 34.8 Å². The lowest BCUT2D eigenvalue weighted by Gasteiger charge is -2.27. The number of hydrogen-bond donors (Lipinski definition) is 1. The van der Waals surface area contributed by atoms with E-state index in [9.17, 15) is 14.7 Å². The Hall–Kier alpha value is -2.99. The normalized spacial score (nSPS) is 17.5. The molecule has 1 fully saturated rings. The Bertz CT molecular complexity index is 1320. The van der Waals surface area contributed by atoms with Crippen LogP contribution in [0.15, 0.2) is 66.2 Å². The van der Waals surface area contributed by atoms with E-state index in [1.807, 2.05) is 19.1 Å². The van der Waals surface area contributed by atoms with Gasteiger partial charge in [0.2, 0.25) is 0 Å². The fraction of sp³-hybridized carbons (Fsp3) is 0.120. The number of Topliss-reactive ketones (excluding diaryl/α,β-unsaturated/α-hetero) is 1. The molecule has 1 unspecified atom stereocenters. The summed E-state index contributed by atoms with van der Waals surface area (Å²) in [4.78, 5) is 27.9. The number of halogens is 3. The molecule has 0 aromatic heterocycles. The van der Waals surface area contributed by atoms with Crippen LogP contribution in [-0.2, 0) is 9.59 Å². The highest BCUT2D eigenvalue weighted by Gasteiger charge is 2.47. The van der Waals surface area contributed by atoms with Gasteiger partial charge < -0.3 is 9.84 Å². The molecular formula is C25H18Cl3NO4. The van der Waals surface area contributed by atoms with Gasteiger partial charge >= 0.3 is 0 Å². The molecule has 8 heteroatoms. The molecule has 3 aromatic rings. The van der Waals surface area contributed by atoms with Crippen molar-refractivity contribution in [1.29, 1.82) is 0 Å². The van der Waals surface area contributed by atoms with Gasteiger partial charge in [-0.2, -0.15) is 0 Å². The number of methoxy groups -OCH3 is 1. The largest absolute Gasteiger partial charge is 0.507 e. The van der Waals surface area contributed by atoms with Crippen LogP contribution in [0.1, 0.15) is 22.7 Å². The SMILES string of the molecule is COc1ccc(Cl)cc1/C(O)=C1\C(=O)C(=O)N(c2ccc(Cl)c(Cl)c2)C1c1ccccc1C. The van der Waals surface area contributed by atoms with Crippen LogP contribution < -0.4 is 9.64 Å². The van der Waals surface area contributed by atoms with Gasteiger partial charge in [0.05, 0.1) is 34.3 Å². The van der Waals surface area contributed by atoms with Gasteiger partial charge in [-0.3, -0.25) is 14.5 Å². The minimum Gasteiger partial charge on any atom is -0.507 e. The van der Waals surface area contributed by atoms with E-state index < -0.39 is 17.7 Å². The topological polar surface area (TPSA) is 66.8 Å². The molecule has 0 bridgehead atoms. The number of nitrogens with zero attached hydrogens (tertiary/aromatic N) is 1. The van der Waals surface area contributed by atoms with Crippen molar-refractivity contribution < 1.29 is 19.4 Å². The van der Waals surface area contributed by atoms with Crippen molar-refractivity contribution in [3.05, 3.63) is 98.0 Å². The van der Waals surface area contributed by atoms with Gasteiger partial charge in [-0.25, -0.2) is 0 Å². The molecule has 33 heavy (non-hydrogen) atoms. The first kappa shape index (κ1) is 23.2. The summed E-state index contributed by atoms with van der Waals surface area (Å²) in [5.74, 6) is -1.72. The molecular weight excluding hydrogens is 485 g/mol. The van der Waals surface area contributed by atoms with Crippen LogP contribution in [0.3, 0.4) is 0 Å². The highest BCUT2D eigenvalue weighted by Crippen LogP contribution is 2.45. The summed E-state index contributed by atoms with van der Waals surface area (Å²) in [6.07, 6.45) is 0. The maximum atomic E-state index is 13.3. The van der Waals surface area contributed by atoms with Crippen LogP contribution in [0.5, 0.6) is 5.75 Å². The van der Waals surface area contributed by atoms with E-state index in [0.29, 0.717) is 27.0 Å². The fourth-order valence-corrected chi connectivity index (χ4v) is 4.40. The fourth-order valence-electron chi connectivity index (χ4n) is 3.93. The van der Waals surface area contributed by atoms with Crippen LogP contribution in [0, 0.1) is 6.92 Å². The maximum Gasteiger partial charge on any atom is 0.300 e. The third-order valence-corrected chi connectivity index (χ3v) is 6.50. The zero-order chi connectivity index (χ0) is 23.9. The smallest absolute Gasteiger partial charge is 0.300 e. The summed E-state index contributed by atoms with van der Waals surface area (Å²) in [5.41, 5.74) is 2.00. The number of rotatable bonds is 4. The van der Waals surface area contributed by atoms with E-state index in [-0.39, 0.29) is 21.9 Å². The third-order valence-electron chi connectivity index (χ3n) is 5.53. The quantitative estimate of drug-likeness (QED) is 0.248. The number of benzene rings is 3. The molecule has 1 aliphatic rings. The lowest BCUT2D eigenvalue weighted by atomic mass is 9.92. The Kier molecular flexibility index (Phi) is 6.39. The monoisotopic (exact) mass is 501 g/mol. The Morgan fingerprint density at radius 3 is 2.36 bits per heavy atom. The number of carbonyl (C=O) groups is 2. The summed E-state index contributed by atoms with van der Waals surface area (Å²) < 4.78 is 5.35. The van der Waals surface area contributed by atoms with E-state index in [4.69, 9.17) is 39.5 Å². The summed E-state index contributed by atoms with van der Waals surface area (Å²) in [6.45, 7) is 1.87. The number of carbonyl (C=O) groups excluding carboxylic acids is 2. The van der Waals surface area contributed by atoms with Crippen LogP contribution in [0.25, 0.3) is 5.76 Å². The molecule has 1 saturated heterocycles. The third kappa shape index (κ3) is 4.08. The standard InChI is InChI=1S/C25H18Cl3NO4/c1-13-5-3-4-6-16(13)22-21(23(30)17-11-14(26)7-10-20(17)33-2)24(31)25(32)29(22)15-8-9-18(27)19(28)12-15/h3-12,22,30H,1-2H3/b23-21+. The van der Waals surface area contributed by atoms with Gasteiger partial charge in [0.15, 0.2) is 0 Å². The molecule has 0 saturated carbocycles. The summed E-state index contributed by atoms with van der Waals surface area (Å²) in [7, 11) is 1.44. The van der Waals surface area contributed by atoms with Gasteiger partial charge in [-0.15, -0.1) is 0 Å². The highest BCUT2D eigenvalue weighted by atomic mass is 35.5. The average molecular weight is 503 g/mol. The van der Waals surface area contributed by atoms with Crippen molar-refractivity contribution in [2.45, 2.75) is 13.0 Å². The van der Waals surface area contributed by atoms with E-state index >= 15 is 0 Å². The first-order chi connectivity index (χ1) is 15.7. The Balaban J connectivity index is 2.02. The summed E-state index contributed by atoms with van der Waals surface area (Å²) in [6, 6.07) is 15.7. The number of ketones is 1. The molecule has 0 spiro atoms. The van der Waals surface area contributed by atoms with E-state index in [2.05, 4.69) is 0 Å². The lowest BCUT2D eigenvalue weighted by Crippen LogP contribution is -2.29. The van der Waals surface area contributed by atoms with Crippen molar-refractivity contribution in [3.63, 3.8) is 0 Å². The van der Waals surface area contributed by atoms with Gasteiger partial charge in [-0.05, 0) is 54.4 Å². The van der Waals surface area contributed by atoms with Crippen molar-refractivity contribution >= 4 is 57.9 Å². The lowest BCUT2D eigenvalue weighted by molar-refractivity contribution is -0.132. The van der Waals surface area contributed by atoms with Crippen LogP contribution in [0.4, 0.5) is 5.69 Å². The van der Waals surface area contributed by atoms with Gasteiger partial charge in [-0.1, -0.05) is 59.1 Å². The molecule has 5 nitrogen and oxygen atoms in total. The van der Waals surface area contributed by atoms with E-state index in [0.717, 1.165) is 5.56 Å². The summed E-state index contributed by atoms with van der Waals surface area (Å²) in [5, 5.41) is 12.2. The van der Waals surface area contributed by atoms with Gasteiger partial charge in [0, 0.05) is 10.7 Å². The molecule has 1 amide bonds. The highest BCUT2D eigenvalue weighted by molar-refractivity contribution is 6.52. The van der Waals surface area contributed by atoms with Gasteiger partial charge in [0.25, 0.3) is 11.7 Å². The zero-order valence-corrected chi connectivity index (χ0v) is 19.9. The molecule has 0 aliphatic carbocycles. The minimum atomic E-state index is -0.910. The molecule has 1 aliphatic heterocycles. The summed E-state index contributed by atoms with van der Waals surface area (Å²) >= 11 is 18.4. The van der Waals surface area contributed by atoms with Crippen molar-refractivity contribution in [2.24, 2.45) is 0 Å². The first-order valence-electron chi connectivity index (χ1n) is 9.90. The van der Waals surface area contributed by atoms with Crippen LogP contribution in [-0.4, -0.2) is 23.9 Å². The van der Waals surface area contributed by atoms with Crippen molar-refractivity contribution in [1.82, 2.24) is 0 Å². The van der Waals surface area contributed by atoms with Gasteiger partial charge in [0.1, 0.15) is 11.5 Å². The second-order valence-electron chi connectivity index (χ2n) is 7.47. The van der Waals surface area contributed by atoms with E-state index in [1.54, 1.807) is 36.4 Å². The Morgan fingerprint density at radius 2 is 1.70 bits per heavy atom. The number of anilines is 1. The average Bonchev–Trinajstić information content (AvgIpc) is 3.06. The molecule has 3 aromatic carbocycles.